The normalized spacial score (nSPS) is 10.6. The zero-order valence-electron chi connectivity index (χ0n) is 12.0. The van der Waals surface area contributed by atoms with Crippen LogP contribution in [-0.4, -0.2) is 18.2 Å². The lowest BCUT2D eigenvalue weighted by molar-refractivity contribution is -0.136. The number of furan rings is 1. The van der Waals surface area contributed by atoms with Gasteiger partial charge in [0.15, 0.2) is 0 Å². The highest BCUT2D eigenvalue weighted by molar-refractivity contribution is 5.88. The Kier molecular flexibility index (Phi) is 3.70. The van der Waals surface area contributed by atoms with E-state index in [1.54, 1.807) is 7.11 Å². The van der Waals surface area contributed by atoms with E-state index in [1.807, 2.05) is 42.5 Å². The molecule has 0 atom stereocenters. The van der Waals surface area contributed by atoms with Crippen LogP contribution in [0, 0.1) is 0 Å². The van der Waals surface area contributed by atoms with Gasteiger partial charge >= 0.3 is 5.97 Å². The molecule has 1 heterocycles. The fourth-order valence-corrected chi connectivity index (χ4v) is 2.30. The number of hydrogen-bond acceptors (Lipinski definition) is 4. The second-order valence-electron chi connectivity index (χ2n) is 4.90. The van der Waals surface area contributed by atoms with Crippen LogP contribution in [0.25, 0.3) is 11.0 Å². The van der Waals surface area contributed by atoms with Crippen LogP contribution in [0.4, 0.5) is 11.4 Å². The molecule has 0 aliphatic rings. The molecule has 3 aromatic rings. The SMILES string of the molecule is COc1ccc(Nc2ccc3c(CC(=O)O)coc3c2)cc1. The smallest absolute Gasteiger partial charge is 0.307 e. The van der Waals surface area contributed by atoms with Gasteiger partial charge in [-0.05, 0) is 36.4 Å². The summed E-state index contributed by atoms with van der Waals surface area (Å²) in [6.07, 6.45) is 1.45. The highest BCUT2D eigenvalue weighted by Crippen LogP contribution is 2.27. The first-order valence-corrected chi connectivity index (χ1v) is 6.79. The van der Waals surface area contributed by atoms with Gasteiger partial charge < -0.3 is 19.6 Å². The molecule has 0 saturated carbocycles. The number of methoxy groups -OCH3 is 1. The van der Waals surface area contributed by atoms with Gasteiger partial charge in [0.25, 0.3) is 0 Å². The van der Waals surface area contributed by atoms with Gasteiger partial charge in [0, 0.05) is 28.4 Å². The lowest BCUT2D eigenvalue weighted by Gasteiger charge is -2.07. The van der Waals surface area contributed by atoms with Gasteiger partial charge in [-0.1, -0.05) is 0 Å². The molecule has 0 bridgehead atoms. The summed E-state index contributed by atoms with van der Waals surface area (Å²) in [7, 11) is 1.63. The summed E-state index contributed by atoms with van der Waals surface area (Å²) in [4.78, 5) is 10.8. The third kappa shape index (κ3) is 2.88. The summed E-state index contributed by atoms with van der Waals surface area (Å²) in [5.41, 5.74) is 3.14. The molecule has 3 rings (SSSR count). The molecule has 1 aromatic heterocycles. The molecular weight excluding hydrogens is 282 g/mol. The van der Waals surface area contributed by atoms with Crippen molar-refractivity contribution in [1.29, 1.82) is 0 Å². The predicted molar refractivity (Wildman–Crippen MR) is 83.8 cm³/mol. The monoisotopic (exact) mass is 297 g/mol. The van der Waals surface area contributed by atoms with Crippen molar-refractivity contribution in [1.82, 2.24) is 0 Å². The van der Waals surface area contributed by atoms with Gasteiger partial charge in [-0.3, -0.25) is 4.79 Å². The Morgan fingerprint density at radius 3 is 2.59 bits per heavy atom. The van der Waals surface area contributed by atoms with Crippen LogP contribution in [-0.2, 0) is 11.2 Å². The number of benzene rings is 2. The number of carboxylic acid groups (broad SMARTS) is 1. The Bertz CT molecular complexity index is 805. The van der Waals surface area contributed by atoms with Gasteiger partial charge in [0.2, 0.25) is 0 Å². The van der Waals surface area contributed by atoms with Crippen molar-refractivity contribution in [3.05, 3.63) is 54.3 Å². The molecule has 112 valence electrons. The van der Waals surface area contributed by atoms with Crippen LogP contribution in [0.2, 0.25) is 0 Å². The molecular formula is C17H15NO4. The van der Waals surface area contributed by atoms with Crippen molar-refractivity contribution in [3.8, 4) is 5.75 Å². The highest BCUT2D eigenvalue weighted by Gasteiger charge is 2.10. The van der Waals surface area contributed by atoms with Crippen LogP contribution >= 0.6 is 0 Å². The van der Waals surface area contributed by atoms with Crippen LogP contribution in [0.15, 0.2) is 53.1 Å². The Hall–Kier alpha value is -2.95. The predicted octanol–water partition coefficient (Wildman–Crippen LogP) is 3.81. The Balaban J connectivity index is 1.84. The molecule has 5 nitrogen and oxygen atoms in total. The van der Waals surface area contributed by atoms with Crippen molar-refractivity contribution in [2.45, 2.75) is 6.42 Å². The van der Waals surface area contributed by atoms with Gasteiger partial charge in [0.1, 0.15) is 11.3 Å². The minimum Gasteiger partial charge on any atom is -0.497 e. The second kappa shape index (κ2) is 5.81. The third-order valence-corrected chi connectivity index (χ3v) is 3.38. The first-order valence-electron chi connectivity index (χ1n) is 6.79. The molecule has 0 fully saturated rings. The van der Waals surface area contributed by atoms with Gasteiger partial charge in [0.05, 0.1) is 19.8 Å². The van der Waals surface area contributed by atoms with Crippen molar-refractivity contribution in [2.24, 2.45) is 0 Å². The quantitative estimate of drug-likeness (QED) is 0.749. The fraction of sp³-hybridized carbons (Fsp3) is 0.118. The van der Waals surface area contributed by atoms with E-state index in [2.05, 4.69) is 5.32 Å². The summed E-state index contributed by atoms with van der Waals surface area (Å²) in [5, 5.41) is 13.0. The van der Waals surface area contributed by atoms with E-state index in [0.717, 1.165) is 22.5 Å². The van der Waals surface area contributed by atoms with Crippen LogP contribution in [0.5, 0.6) is 5.75 Å². The summed E-state index contributed by atoms with van der Waals surface area (Å²) in [5.74, 6) is -0.0755. The van der Waals surface area contributed by atoms with Crippen molar-refractivity contribution < 1.29 is 19.1 Å². The van der Waals surface area contributed by atoms with E-state index in [9.17, 15) is 4.79 Å². The zero-order chi connectivity index (χ0) is 15.5. The molecule has 22 heavy (non-hydrogen) atoms. The number of carboxylic acids is 1. The molecule has 0 radical (unpaired) electrons. The fourth-order valence-electron chi connectivity index (χ4n) is 2.30. The number of aliphatic carboxylic acids is 1. The Labute approximate surface area is 127 Å². The molecule has 2 N–H and O–H groups in total. The average Bonchev–Trinajstić information content (AvgIpc) is 2.90. The summed E-state index contributed by atoms with van der Waals surface area (Å²) in [6, 6.07) is 13.2. The molecule has 0 saturated heterocycles. The van der Waals surface area contributed by atoms with Gasteiger partial charge in [-0.25, -0.2) is 0 Å². The number of hydrogen-bond donors (Lipinski definition) is 2. The first kappa shape index (κ1) is 14.0. The third-order valence-electron chi connectivity index (χ3n) is 3.38. The van der Waals surface area contributed by atoms with E-state index < -0.39 is 5.97 Å². The van der Waals surface area contributed by atoms with Gasteiger partial charge in [-0.15, -0.1) is 0 Å². The second-order valence-corrected chi connectivity index (χ2v) is 4.90. The first-order chi connectivity index (χ1) is 10.7. The summed E-state index contributed by atoms with van der Waals surface area (Å²) < 4.78 is 10.6. The number of ether oxygens (including phenoxy) is 1. The Morgan fingerprint density at radius 2 is 1.91 bits per heavy atom. The van der Waals surface area contributed by atoms with Crippen LogP contribution in [0.3, 0.4) is 0 Å². The maximum atomic E-state index is 10.8. The molecule has 0 aliphatic carbocycles. The number of fused-ring (bicyclic) bond motifs is 1. The van der Waals surface area contributed by atoms with Gasteiger partial charge in [-0.2, -0.15) is 0 Å². The number of carbonyl (C=O) groups is 1. The average molecular weight is 297 g/mol. The molecule has 5 heteroatoms. The maximum Gasteiger partial charge on any atom is 0.307 e. The molecule has 0 amide bonds. The standard InChI is InChI=1S/C17H15NO4/c1-21-14-5-2-12(3-6-14)18-13-4-7-15-11(8-17(19)20)10-22-16(15)9-13/h2-7,9-10,18H,8H2,1H3,(H,19,20). The van der Waals surface area contributed by atoms with Crippen LogP contribution < -0.4 is 10.1 Å². The summed E-state index contributed by atoms with van der Waals surface area (Å²) >= 11 is 0. The Morgan fingerprint density at radius 1 is 1.18 bits per heavy atom. The van der Waals surface area contributed by atoms with Crippen molar-refractivity contribution in [2.75, 3.05) is 12.4 Å². The maximum absolute atomic E-state index is 10.8. The van der Waals surface area contributed by atoms with E-state index >= 15 is 0 Å². The summed E-state index contributed by atoms with van der Waals surface area (Å²) in [6.45, 7) is 0. The topological polar surface area (TPSA) is 71.7 Å². The number of anilines is 2. The van der Waals surface area contributed by atoms with E-state index in [4.69, 9.17) is 14.3 Å². The molecule has 0 spiro atoms. The van der Waals surface area contributed by atoms with E-state index in [0.29, 0.717) is 11.1 Å². The zero-order valence-corrected chi connectivity index (χ0v) is 12.0. The van der Waals surface area contributed by atoms with Crippen molar-refractivity contribution >= 4 is 28.3 Å². The highest BCUT2D eigenvalue weighted by atomic mass is 16.5. The lowest BCUT2D eigenvalue weighted by atomic mass is 10.1. The minimum atomic E-state index is -0.872. The van der Waals surface area contributed by atoms with E-state index in [-0.39, 0.29) is 6.42 Å². The van der Waals surface area contributed by atoms with Crippen LogP contribution in [0.1, 0.15) is 5.56 Å². The largest absolute Gasteiger partial charge is 0.497 e. The molecule has 0 aliphatic heterocycles. The number of rotatable bonds is 5. The molecule has 2 aromatic carbocycles. The minimum absolute atomic E-state index is 0.0434. The lowest BCUT2D eigenvalue weighted by Crippen LogP contribution is -1.98. The van der Waals surface area contributed by atoms with Crippen molar-refractivity contribution in [3.63, 3.8) is 0 Å². The van der Waals surface area contributed by atoms with E-state index in [1.165, 1.54) is 6.26 Å². The number of nitrogens with one attached hydrogen (secondary N) is 1. The molecule has 0 unspecified atom stereocenters.